The van der Waals surface area contributed by atoms with Crippen molar-refractivity contribution < 1.29 is 22.7 Å². The summed E-state index contributed by atoms with van der Waals surface area (Å²) in [5.41, 5.74) is 1.17. The number of rotatable bonds is 6. The summed E-state index contributed by atoms with van der Waals surface area (Å²) < 4.78 is 38.6. The van der Waals surface area contributed by atoms with Gasteiger partial charge in [-0.1, -0.05) is 18.2 Å². The number of hydrogen-bond acceptors (Lipinski definition) is 6. The predicted octanol–water partition coefficient (Wildman–Crippen LogP) is 3.05. The molecule has 1 saturated heterocycles. The van der Waals surface area contributed by atoms with Gasteiger partial charge in [-0.05, 0) is 50.2 Å². The van der Waals surface area contributed by atoms with E-state index in [-0.39, 0.29) is 29.6 Å². The quantitative estimate of drug-likeness (QED) is 0.614. The molecule has 2 aromatic carbocycles. The summed E-state index contributed by atoms with van der Waals surface area (Å²) in [7, 11) is -3.63. The first-order chi connectivity index (χ1) is 15.3. The number of nitrogens with zero attached hydrogens (tertiary/aromatic N) is 2. The summed E-state index contributed by atoms with van der Waals surface area (Å²) in [5, 5.41) is 3.64. The Morgan fingerprint density at radius 3 is 2.50 bits per heavy atom. The first-order valence-corrected chi connectivity index (χ1v) is 11.8. The lowest BCUT2D eigenvalue weighted by molar-refractivity contribution is -0.118. The number of para-hydroxylation sites is 1. The molecule has 0 spiro atoms. The summed E-state index contributed by atoms with van der Waals surface area (Å²) in [4.78, 5) is 16.8. The lowest BCUT2D eigenvalue weighted by Crippen LogP contribution is -2.48. The van der Waals surface area contributed by atoms with Gasteiger partial charge in [0.05, 0.1) is 17.1 Å². The Morgan fingerprint density at radius 1 is 1.09 bits per heavy atom. The van der Waals surface area contributed by atoms with Crippen LogP contribution in [-0.4, -0.2) is 55.5 Å². The van der Waals surface area contributed by atoms with E-state index >= 15 is 0 Å². The third kappa shape index (κ3) is 4.90. The molecule has 1 aromatic heterocycles. The Hall–Kier alpha value is -3.01. The number of aromatic nitrogens is 1. The van der Waals surface area contributed by atoms with Crippen molar-refractivity contribution in [1.82, 2.24) is 9.29 Å². The fourth-order valence-electron chi connectivity index (χ4n) is 3.72. The van der Waals surface area contributed by atoms with E-state index in [2.05, 4.69) is 10.3 Å². The van der Waals surface area contributed by atoms with E-state index in [9.17, 15) is 13.2 Å². The molecule has 9 heteroatoms. The average molecular weight is 456 g/mol. The van der Waals surface area contributed by atoms with Gasteiger partial charge in [-0.15, -0.1) is 0 Å². The zero-order chi connectivity index (χ0) is 22.7. The number of fused-ring (bicyclic) bond motifs is 1. The van der Waals surface area contributed by atoms with Crippen LogP contribution < -0.4 is 10.1 Å². The van der Waals surface area contributed by atoms with Gasteiger partial charge < -0.3 is 14.8 Å². The lowest BCUT2D eigenvalue weighted by atomic mass is 10.2. The van der Waals surface area contributed by atoms with E-state index in [1.807, 2.05) is 38.1 Å². The topological polar surface area (TPSA) is 97.8 Å². The fraction of sp³-hybridized carbons (Fsp3) is 0.304. The largest absolute Gasteiger partial charge is 0.481 e. The van der Waals surface area contributed by atoms with Crippen LogP contribution in [0.15, 0.2) is 65.7 Å². The van der Waals surface area contributed by atoms with Gasteiger partial charge in [0.15, 0.2) is 6.61 Å². The number of sulfonamides is 1. The molecule has 2 atom stereocenters. The number of nitrogens with one attached hydrogen (secondary N) is 1. The van der Waals surface area contributed by atoms with Crippen molar-refractivity contribution in [2.45, 2.75) is 31.0 Å². The predicted molar refractivity (Wildman–Crippen MR) is 121 cm³/mol. The number of carbonyl (C=O) groups excluding carboxylic acids is 1. The molecule has 1 fully saturated rings. The molecule has 1 aliphatic rings. The summed E-state index contributed by atoms with van der Waals surface area (Å²) in [6.07, 6.45) is 1.34. The summed E-state index contributed by atoms with van der Waals surface area (Å²) >= 11 is 0. The average Bonchev–Trinajstić information content (AvgIpc) is 2.77. The third-order valence-electron chi connectivity index (χ3n) is 5.12. The van der Waals surface area contributed by atoms with Gasteiger partial charge in [-0.3, -0.25) is 9.78 Å². The molecule has 32 heavy (non-hydrogen) atoms. The van der Waals surface area contributed by atoms with E-state index in [0.29, 0.717) is 30.0 Å². The van der Waals surface area contributed by atoms with E-state index < -0.39 is 10.0 Å². The van der Waals surface area contributed by atoms with E-state index in [0.717, 1.165) is 5.39 Å². The molecule has 0 radical (unpaired) electrons. The highest BCUT2D eigenvalue weighted by molar-refractivity contribution is 7.89. The maximum absolute atomic E-state index is 12.9. The zero-order valence-corrected chi connectivity index (χ0v) is 18.7. The molecule has 4 rings (SSSR count). The van der Waals surface area contributed by atoms with Gasteiger partial charge in [0.25, 0.3) is 5.91 Å². The maximum Gasteiger partial charge on any atom is 0.262 e. The van der Waals surface area contributed by atoms with E-state index in [1.165, 1.54) is 16.4 Å². The van der Waals surface area contributed by atoms with Gasteiger partial charge in [0, 0.05) is 30.4 Å². The highest BCUT2D eigenvalue weighted by Gasteiger charge is 2.32. The standard InChI is InChI=1S/C23H25N3O5S/c1-16-13-26(14-17(2)31-16)32(28,29)20-10-8-19(9-11-20)25-22(27)15-30-21-7-3-5-18-6-4-12-24-23(18)21/h3-12,16-17H,13-15H2,1-2H3,(H,25,27). The van der Waals surface area contributed by atoms with E-state index in [4.69, 9.17) is 9.47 Å². The second kappa shape index (κ2) is 9.23. The lowest BCUT2D eigenvalue weighted by Gasteiger charge is -2.34. The summed E-state index contributed by atoms with van der Waals surface area (Å²) in [6.45, 7) is 4.14. The molecule has 1 N–H and O–H groups in total. The molecular weight excluding hydrogens is 430 g/mol. The molecule has 0 saturated carbocycles. The monoisotopic (exact) mass is 455 g/mol. The van der Waals surface area contributed by atoms with Gasteiger partial charge in [-0.2, -0.15) is 4.31 Å². The molecule has 2 unspecified atom stereocenters. The van der Waals surface area contributed by atoms with Gasteiger partial charge in [0.1, 0.15) is 11.3 Å². The molecule has 0 aliphatic carbocycles. The number of hydrogen-bond donors (Lipinski definition) is 1. The minimum Gasteiger partial charge on any atom is -0.481 e. The number of morpholine rings is 1. The Balaban J connectivity index is 1.38. The van der Waals surface area contributed by atoms with Gasteiger partial charge in [-0.25, -0.2) is 8.42 Å². The van der Waals surface area contributed by atoms with Crippen molar-refractivity contribution in [3.05, 3.63) is 60.8 Å². The van der Waals surface area contributed by atoms with Gasteiger partial charge >= 0.3 is 0 Å². The Bertz CT molecular complexity index is 1200. The first kappa shape index (κ1) is 22.2. The SMILES string of the molecule is CC1CN(S(=O)(=O)c2ccc(NC(=O)COc3cccc4cccnc34)cc2)CC(C)O1. The fourth-order valence-corrected chi connectivity index (χ4v) is 5.31. The number of carbonyl (C=O) groups is 1. The van der Waals surface area contributed by atoms with Crippen LogP contribution in [0.5, 0.6) is 5.75 Å². The Kier molecular flexibility index (Phi) is 6.40. The minimum atomic E-state index is -3.63. The van der Waals surface area contributed by atoms with Crippen LogP contribution in [0.25, 0.3) is 10.9 Å². The van der Waals surface area contributed by atoms with Crippen molar-refractivity contribution >= 4 is 32.5 Å². The van der Waals surface area contributed by atoms with Crippen LogP contribution in [0.3, 0.4) is 0 Å². The van der Waals surface area contributed by atoms with Crippen LogP contribution in [0, 0.1) is 0 Å². The van der Waals surface area contributed by atoms with Crippen molar-refractivity contribution in [2.75, 3.05) is 25.0 Å². The molecule has 3 aromatic rings. The molecule has 1 amide bonds. The molecule has 0 bridgehead atoms. The summed E-state index contributed by atoms with van der Waals surface area (Å²) in [6, 6.07) is 15.4. The van der Waals surface area contributed by atoms with Crippen molar-refractivity contribution in [3.8, 4) is 5.75 Å². The Morgan fingerprint density at radius 2 is 1.78 bits per heavy atom. The second-order valence-corrected chi connectivity index (χ2v) is 9.71. The third-order valence-corrected chi connectivity index (χ3v) is 6.96. The van der Waals surface area contributed by atoms with Crippen molar-refractivity contribution in [3.63, 3.8) is 0 Å². The Labute approximate surface area is 187 Å². The number of benzene rings is 2. The van der Waals surface area contributed by atoms with E-state index in [1.54, 1.807) is 24.4 Å². The van der Waals surface area contributed by atoms with Crippen LogP contribution in [0.1, 0.15) is 13.8 Å². The number of pyridine rings is 1. The number of ether oxygens (including phenoxy) is 2. The number of amides is 1. The van der Waals surface area contributed by atoms with Crippen LogP contribution in [-0.2, 0) is 19.6 Å². The minimum absolute atomic E-state index is 0.163. The smallest absolute Gasteiger partial charge is 0.262 e. The first-order valence-electron chi connectivity index (χ1n) is 10.3. The van der Waals surface area contributed by atoms with Crippen LogP contribution in [0.2, 0.25) is 0 Å². The molecule has 8 nitrogen and oxygen atoms in total. The molecule has 1 aliphatic heterocycles. The van der Waals surface area contributed by atoms with Crippen molar-refractivity contribution in [2.24, 2.45) is 0 Å². The molecule has 168 valence electrons. The van der Waals surface area contributed by atoms with Gasteiger partial charge in [0.2, 0.25) is 10.0 Å². The highest BCUT2D eigenvalue weighted by atomic mass is 32.2. The maximum atomic E-state index is 12.9. The highest BCUT2D eigenvalue weighted by Crippen LogP contribution is 2.24. The summed E-state index contributed by atoms with van der Waals surface area (Å²) in [5.74, 6) is 0.165. The molecular formula is C23H25N3O5S. The second-order valence-electron chi connectivity index (χ2n) is 7.77. The zero-order valence-electron chi connectivity index (χ0n) is 17.9. The number of anilines is 1. The normalized spacial score (nSPS) is 19.6. The van der Waals surface area contributed by atoms with Crippen LogP contribution >= 0.6 is 0 Å². The van der Waals surface area contributed by atoms with Crippen LogP contribution in [0.4, 0.5) is 5.69 Å². The molecule has 2 heterocycles. The van der Waals surface area contributed by atoms with Crippen molar-refractivity contribution in [1.29, 1.82) is 0 Å².